The van der Waals surface area contributed by atoms with E-state index in [0.717, 1.165) is 11.8 Å². The number of nitrogens with one attached hydrogen (secondary N) is 1. The van der Waals surface area contributed by atoms with E-state index in [1.807, 2.05) is 0 Å². The quantitative estimate of drug-likeness (QED) is 0.189. The first-order valence-corrected chi connectivity index (χ1v) is 10.6. The molecule has 4 aromatic rings. The van der Waals surface area contributed by atoms with Gasteiger partial charge in [0.25, 0.3) is 11.2 Å². The Hall–Kier alpha value is -3.70. The highest BCUT2D eigenvalue weighted by atomic mass is 35.5. The van der Waals surface area contributed by atoms with Crippen LogP contribution < -0.4 is 10.9 Å². The van der Waals surface area contributed by atoms with Crippen molar-refractivity contribution in [2.45, 2.75) is 11.7 Å². The molecule has 0 spiro atoms. The van der Waals surface area contributed by atoms with Gasteiger partial charge in [-0.2, -0.15) is 0 Å². The summed E-state index contributed by atoms with van der Waals surface area (Å²) in [4.78, 5) is 35.9. The number of hydrogen-bond acceptors (Lipinski definition) is 7. The Morgan fingerprint density at radius 1 is 1.28 bits per heavy atom. The van der Waals surface area contributed by atoms with Crippen LogP contribution in [0.4, 0.5) is 11.4 Å². The minimum atomic E-state index is -0.619. The fraction of sp³-hybridized carbons (Fsp3) is 0.100. The van der Waals surface area contributed by atoms with Gasteiger partial charge in [0, 0.05) is 17.6 Å². The number of carbonyl (C=O) groups excluding carboxylic acids is 1. The summed E-state index contributed by atoms with van der Waals surface area (Å²) in [6.07, 6.45) is 1.59. The number of carbonyl (C=O) groups is 1. The zero-order valence-corrected chi connectivity index (χ0v) is 18.0. The third-order valence-corrected chi connectivity index (χ3v) is 5.72. The number of fused-ring (bicyclic) bond motifs is 3. The van der Waals surface area contributed by atoms with Gasteiger partial charge in [-0.25, -0.2) is 0 Å². The summed E-state index contributed by atoms with van der Waals surface area (Å²) in [5.41, 5.74) is 0.128. The molecule has 0 aliphatic rings. The molecule has 32 heavy (non-hydrogen) atoms. The van der Waals surface area contributed by atoms with Crippen molar-refractivity contribution in [3.05, 3.63) is 80.6 Å². The molecule has 1 N–H and O–H groups in total. The Labute approximate surface area is 189 Å². The van der Waals surface area contributed by atoms with E-state index >= 15 is 0 Å². The number of aromatic nitrogens is 4. The number of allylic oxidation sites excluding steroid dienone is 1. The zero-order valence-electron chi connectivity index (χ0n) is 16.4. The van der Waals surface area contributed by atoms with Crippen LogP contribution in [0, 0.1) is 10.1 Å². The topological polar surface area (TPSA) is 124 Å². The standard InChI is InChI=1S/C20H15ClN6O4S/c1-2-9-25-18(29)13-5-3-4-6-15(13)26-19(25)23-24-20(26)32-11-17(28)22-14-8-7-12(21)10-16(14)27(30)31/h2-8,10H,1,9,11H2,(H,22,28). The highest BCUT2D eigenvalue weighted by molar-refractivity contribution is 7.99. The minimum absolute atomic E-state index is 0.0429. The van der Waals surface area contributed by atoms with E-state index in [9.17, 15) is 19.7 Å². The Morgan fingerprint density at radius 2 is 2.06 bits per heavy atom. The summed E-state index contributed by atoms with van der Waals surface area (Å²) in [6, 6.07) is 11.0. The number of nitrogens with zero attached hydrogens (tertiary/aromatic N) is 5. The number of thioether (sulfide) groups is 1. The first-order chi connectivity index (χ1) is 15.4. The summed E-state index contributed by atoms with van der Waals surface area (Å²) in [7, 11) is 0. The van der Waals surface area contributed by atoms with Crippen molar-refractivity contribution < 1.29 is 9.72 Å². The zero-order chi connectivity index (χ0) is 22.8. The summed E-state index contributed by atoms with van der Waals surface area (Å²) in [6.45, 7) is 3.93. The molecule has 0 radical (unpaired) electrons. The highest BCUT2D eigenvalue weighted by Gasteiger charge is 2.19. The number of benzene rings is 2. The van der Waals surface area contributed by atoms with Gasteiger partial charge in [-0.3, -0.25) is 28.7 Å². The number of anilines is 1. The second kappa shape index (κ2) is 8.81. The highest BCUT2D eigenvalue weighted by Crippen LogP contribution is 2.28. The van der Waals surface area contributed by atoms with Gasteiger partial charge >= 0.3 is 0 Å². The molecule has 2 aromatic carbocycles. The van der Waals surface area contributed by atoms with Gasteiger partial charge in [0.1, 0.15) is 5.69 Å². The maximum atomic E-state index is 12.8. The molecule has 2 aromatic heterocycles. The van der Waals surface area contributed by atoms with E-state index in [1.54, 1.807) is 34.7 Å². The molecule has 4 rings (SSSR count). The second-order valence-corrected chi connectivity index (χ2v) is 7.97. The molecule has 12 heteroatoms. The first-order valence-electron chi connectivity index (χ1n) is 9.25. The monoisotopic (exact) mass is 470 g/mol. The lowest BCUT2D eigenvalue weighted by Crippen LogP contribution is -2.22. The van der Waals surface area contributed by atoms with Gasteiger partial charge in [-0.1, -0.05) is 41.6 Å². The molecule has 10 nitrogen and oxygen atoms in total. The van der Waals surface area contributed by atoms with Crippen molar-refractivity contribution >= 4 is 57.3 Å². The molecule has 0 fully saturated rings. The molecule has 1 amide bonds. The number of hydrogen-bond donors (Lipinski definition) is 1. The Kier molecular flexibility index (Phi) is 5.93. The van der Waals surface area contributed by atoms with E-state index < -0.39 is 10.8 Å². The van der Waals surface area contributed by atoms with Crippen molar-refractivity contribution in [1.29, 1.82) is 0 Å². The predicted molar refractivity (Wildman–Crippen MR) is 122 cm³/mol. The summed E-state index contributed by atoms with van der Waals surface area (Å²) in [5, 5.41) is 23.1. The smallest absolute Gasteiger partial charge is 0.294 e. The maximum Gasteiger partial charge on any atom is 0.294 e. The lowest BCUT2D eigenvalue weighted by Gasteiger charge is -2.09. The van der Waals surface area contributed by atoms with Gasteiger partial charge < -0.3 is 5.32 Å². The third-order valence-electron chi connectivity index (χ3n) is 4.55. The van der Waals surface area contributed by atoms with Crippen molar-refractivity contribution in [2.24, 2.45) is 0 Å². The van der Waals surface area contributed by atoms with E-state index in [1.165, 1.54) is 22.8 Å². The van der Waals surface area contributed by atoms with Crippen molar-refractivity contribution in [2.75, 3.05) is 11.1 Å². The lowest BCUT2D eigenvalue weighted by molar-refractivity contribution is -0.383. The number of nitro benzene ring substituents is 1. The molecule has 0 aliphatic heterocycles. The average molecular weight is 471 g/mol. The summed E-state index contributed by atoms with van der Waals surface area (Å²) >= 11 is 6.90. The number of halogens is 1. The molecule has 0 aliphatic carbocycles. The van der Waals surface area contributed by atoms with Gasteiger partial charge in [0.2, 0.25) is 11.7 Å². The van der Waals surface area contributed by atoms with Crippen LogP contribution in [-0.2, 0) is 11.3 Å². The Morgan fingerprint density at radius 3 is 2.81 bits per heavy atom. The van der Waals surface area contributed by atoms with Crippen LogP contribution in [0.15, 0.2) is 65.1 Å². The number of para-hydroxylation sites is 1. The molecule has 0 saturated carbocycles. The average Bonchev–Trinajstić information content (AvgIpc) is 3.20. The molecule has 0 unspecified atom stereocenters. The first kappa shape index (κ1) is 21.5. The molecule has 0 atom stereocenters. The largest absolute Gasteiger partial charge is 0.320 e. The predicted octanol–water partition coefficient (Wildman–Crippen LogP) is 3.52. The Balaban J connectivity index is 1.65. The van der Waals surface area contributed by atoms with Crippen LogP contribution in [0.1, 0.15) is 0 Å². The second-order valence-electron chi connectivity index (χ2n) is 6.59. The fourth-order valence-electron chi connectivity index (χ4n) is 3.20. The molecule has 0 bridgehead atoms. The van der Waals surface area contributed by atoms with Gasteiger partial charge in [-0.05, 0) is 24.3 Å². The SMILES string of the molecule is C=CCn1c(=O)c2ccccc2n2c(SCC(=O)Nc3ccc(Cl)cc3[N+](=O)[O-])nnc12. The van der Waals surface area contributed by atoms with Gasteiger partial charge in [0.15, 0.2) is 5.16 Å². The van der Waals surface area contributed by atoms with Crippen molar-refractivity contribution in [1.82, 2.24) is 19.2 Å². The summed E-state index contributed by atoms with van der Waals surface area (Å²) in [5.74, 6) is -0.235. The van der Waals surface area contributed by atoms with Crippen LogP contribution in [0.5, 0.6) is 0 Å². The Bertz CT molecular complexity index is 1450. The molecular formula is C20H15ClN6O4S. The molecular weight excluding hydrogens is 456 g/mol. The third kappa shape index (κ3) is 3.95. The maximum absolute atomic E-state index is 12.8. The van der Waals surface area contributed by atoms with Crippen LogP contribution in [0.3, 0.4) is 0 Å². The van der Waals surface area contributed by atoms with Crippen LogP contribution in [-0.4, -0.2) is 35.7 Å². The van der Waals surface area contributed by atoms with E-state index in [2.05, 4.69) is 22.1 Å². The van der Waals surface area contributed by atoms with Crippen LogP contribution in [0.2, 0.25) is 5.02 Å². The molecule has 2 heterocycles. The van der Waals surface area contributed by atoms with Gasteiger partial charge in [0.05, 0.1) is 21.6 Å². The van der Waals surface area contributed by atoms with E-state index in [4.69, 9.17) is 11.6 Å². The van der Waals surface area contributed by atoms with E-state index in [-0.39, 0.29) is 34.3 Å². The number of rotatable bonds is 7. The lowest BCUT2D eigenvalue weighted by atomic mass is 10.2. The molecule has 0 saturated heterocycles. The van der Waals surface area contributed by atoms with Crippen molar-refractivity contribution in [3.63, 3.8) is 0 Å². The minimum Gasteiger partial charge on any atom is -0.320 e. The normalized spacial score (nSPS) is 11.0. The summed E-state index contributed by atoms with van der Waals surface area (Å²) < 4.78 is 3.15. The van der Waals surface area contributed by atoms with Crippen LogP contribution >= 0.6 is 23.4 Å². The number of amides is 1. The molecule has 162 valence electrons. The van der Waals surface area contributed by atoms with Crippen LogP contribution in [0.25, 0.3) is 16.7 Å². The fourth-order valence-corrected chi connectivity index (χ4v) is 4.11. The number of nitro groups is 1. The van der Waals surface area contributed by atoms with Crippen molar-refractivity contribution in [3.8, 4) is 0 Å². The van der Waals surface area contributed by atoms with Gasteiger partial charge in [-0.15, -0.1) is 16.8 Å². The van der Waals surface area contributed by atoms with E-state index in [0.29, 0.717) is 21.8 Å².